The Bertz CT molecular complexity index is 534. The largest absolute Gasteiger partial charge is 0.486 e. The molecule has 1 fully saturated rings. The Kier molecular flexibility index (Phi) is 2.43. The molecule has 4 nitrogen and oxygen atoms in total. The van der Waals surface area contributed by atoms with Gasteiger partial charge in [0.2, 0.25) is 5.91 Å². The van der Waals surface area contributed by atoms with Crippen molar-refractivity contribution >= 4 is 11.6 Å². The van der Waals surface area contributed by atoms with Crippen LogP contribution in [0.4, 0.5) is 5.69 Å². The summed E-state index contributed by atoms with van der Waals surface area (Å²) >= 11 is 0. The Morgan fingerprint density at radius 1 is 1.05 bits per heavy atom. The number of carbonyl (C=O) groups excluding carboxylic acids is 1. The van der Waals surface area contributed by atoms with Gasteiger partial charge in [-0.15, -0.1) is 0 Å². The third kappa shape index (κ3) is 1.70. The molecule has 1 N–H and O–H groups in total. The first-order chi connectivity index (χ1) is 9.33. The first-order valence-corrected chi connectivity index (χ1v) is 7.07. The van der Waals surface area contributed by atoms with E-state index >= 15 is 0 Å². The first kappa shape index (κ1) is 11.1. The maximum Gasteiger partial charge on any atom is 0.232 e. The third-order valence-corrected chi connectivity index (χ3v) is 4.46. The maximum absolute atomic E-state index is 12.2. The van der Waals surface area contributed by atoms with E-state index in [0.717, 1.165) is 35.6 Å². The summed E-state index contributed by atoms with van der Waals surface area (Å²) in [4.78, 5) is 12.2. The second-order valence-electron chi connectivity index (χ2n) is 5.59. The van der Waals surface area contributed by atoms with Gasteiger partial charge in [-0.25, -0.2) is 0 Å². The quantitative estimate of drug-likeness (QED) is 0.843. The van der Waals surface area contributed by atoms with Crippen molar-refractivity contribution in [3.05, 3.63) is 17.7 Å². The Morgan fingerprint density at radius 2 is 1.74 bits per heavy atom. The van der Waals surface area contributed by atoms with E-state index < -0.39 is 0 Å². The van der Waals surface area contributed by atoms with Crippen molar-refractivity contribution in [3.63, 3.8) is 0 Å². The van der Waals surface area contributed by atoms with E-state index in [9.17, 15) is 4.79 Å². The SMILES string of the molecule is O=C1Nc2cc3c(cc2C1C1CCCC1)OCCO3. The maximum atomic E-state index is 12.2. The van der Waals surface area contributed by atoms with Crippen molar-refractivity contribution in [2.24, 2.45) is 5.92 Å². The van der Waals surface area contributed by atoms with Crippen LogP contribution in [0.15, 0.2) is 12.1 Å². The molecule has 0 radical (unpaired) electrons. The summed E-state index contributed by atoms with van der Waals surface area (Å²) in [6.07, 6.45) is 4.81. The highest BCUT2D eigenvalue weighted by Gasteiger charge is 2.39. The minimum Gasteiger partial charge on any atom is -0.486 e. The van der Waals surface area contributed by atoms with Crippen molar-refractivity contribution in [2.45, 2.75) is 31.6 Å². The molecule has 0 bridgehead atoms. The van der Waals surface area contributed by atoms with Gasteiger partial charge in [0.25, 0.3) is 0 Å². The number of fused-ring (bicyclic) bond motifs is 2. The van der Waals surface area contributed by atoms with Crippen LogP contribution in [0.1, 0.15) is 37.2 Å². The van der Waals surface area contributed by atoms with Crippen LogP contribution in [-0.2, 0) is 4.79 Å². The fourth-order valence-corrected chi connectivity index (χ4v) is 3.58. The number of benzene rings is 1. The van der Waals surface area contributed by atoms with Gasteiger partial charge in [0.15, 0.2) is 11.5 Å². The summed E-state index contributed by atoms with van der Waals surface area (Å²) < 4.78 is 11.2. The van der Waals surface area contributed by atoms with Crippen LogP contribution >= 0.6 is 0 Å². The number of hydrogen-bond donors (Lipinski definition) is 1. The van der Waals surface area contributed by atoms with E-state index in [4.69, 9.17) is 9.47 Å². The lowest BCUT2D eigenvalue weighted by molar-refractivity contribution is -0.118. The molecular formula is C15H17NO3. The summed E-state index contributed by atoms with van der Waals surface area (Å²) in [5.74, 6) is 2.17. The minimum absolute atomic E-state index is 0.00771. The van der Waals surface area contributed by atoms with Gasteiger partial charge in [0, 0.05) is 11.8 Å². The summed E-state index contributed by atoms with van der Waals surface area (Å²) in [6, 6.07) is 3.92. The number of carbonyl (C=O) groups is 1. The molecule has 3 aliphatic rings. The molecule has 100 valence electrons. The molecule has 4 heteroatoms. The standard InChI is InChI=1S/C15H17NO3/c17-15-14(9-3-1-2-4-9)10-7-12-13(8-11(10)16-15)19-6-5-18-12/h7-9,14H,1-6H2,(H,16,17). The smallest absolute Gasteiger partial charge is 0.232 e. The van der Waals surface area contributed by atoms with Crippen LogP contribution in [0.3, 0.4) is 0 Å². The van der Waals surface area contributed by atoms with Crippen LogP contribution in [-0.4, -0.2) is 19.1 Å². The molecule has 4 rings (SSSR count). The highest BCUT2D eigenvalue weighted by Crippen LogP contribution is 2.47. The van der Waals surface area contributed by atoms with Crippen LogP contribution < -0.4 is 14.8 Å². The number of amides is 1. The topological polar surface area (TPSA) is 47.6 Å². The zero-order chi connectivity index (χ0) is 12.8. The van der Waals surface area contributed by atoms with Gasteiger partial charge in [0.1, 0.15) is 13.2 Å². The van der Waals surface area contributed by atoms with Crippen molar-refractivity contribution in [1.29, 1.82) is 0 Å². The average molecular weight is 259 g/mol. The van der Waals surface area contributed by atoms with Gasteiger partial charge in [0.05, 0.1) is 5.92 Å². The van der Waals surface area contributed by atoms with Crippen molar-refractivity contribution in [1.82, 2.24) is 0 Å². The van der Waals surface area contributed by atoms with E-state index in [1.807, 2.05) is 12.1 Å². The molecule has 1 aromatic rings. The molecule has 1 unspecified atom stereocenters. The molecule has 1 aliphatic carbocycles. The Balaban J connectivity index is 1.76. The zero-order valence-corrected chi connectivity index (χ0v) is 10.8. The van der Waals surface area contributed by atoms with Gasteiger partial charge in [-0.3, -0.25) is 4.79 Å². The minimum atomic E-state index is 0.00771. The lowest BCUT2D eigenvalue weighted by Gasteiger charge is -2.21. The Hall–Kier alpha value is -1.71. The van der Waals surface area contributed by atoms with E-state index in [-0.39, 0.29) is 11.8 Å². The second-order valence-corrected chi connectivity index (χ2v) is 5.59. The van der Waals surface area contributed by atoms with Crippen LogP contribution in [0, 0.1) is 5.92 Å². The first-order valence-electron chi connectivity index (χ1n) is 7.07. The van der Waals surface area contributed by atoms with Gasteiger partial charge < -0.3 is 14.8 Å². The monoisotopic (exact) mass is 259 g/mol. The fraction of sp³-hybridized carbons (Fsp3) is 0.533. The lowest BCUT2D eigenvalue weighted by Crippen LogP contribution is -2.19. The van der Waals surface area contributed by atoms with Gasteiger partial charge in [-0.1, -0.05) is 12.8 Å². The Labute approximate surface area is 112 Å². The molecule has 0 aromatic heterocycles. The van der Waals surface area contributed by atoms with Crippen molar-refractivity contribution in [2.75, 3.05) is 18.5 Å². The van der Waals surface area contributed by atoms with Crippen molar-refractivity contribution < 1.29 is 14.3 Å². The number of nitrogens with one attached hydrogen (secondary N) is 1. The highest BCUT2D eigenvalue weighted by atomic mass is 16.6. The molecule has 2 aliphatic heterocycles. The molecular weight excluding hydrogens is 242 g/mol. The number of hydrogen-bond acceptors (Lipinski definition) is 3. The molecule has 2 heterocycles. The molecule has 1 saturated carbocycles. The molecule has 19 heavy (non-hydrogen) atoms. The van der Waals surface area contributed by atoms with Gasteiger partial charge in [-0.2, -0.15) is 0 Å². The summed E-state index contributed by atoms with van der Waals surface area (Å²) in [7, 11) is 0. The van der Waals surface area contributed by atoms with E-state index in [2.05, 4.69) is 5.32 Å². The summed E-state index contributed by atoms with van der Waals surface area (Å²) in [6.45, 7) is 1.16. The fourth-order valence-electron chi connectivity index (χ4n) is 3.58. The molecule has 0 spiro atoms. The van der Waals surface area contributed by atoms with Crippen LogP contribution in [0.25, 0.3) is 0 Å². The predicted octanol–water partition coefficient (Wildman–Crippen LogP) is 2.68. The van der Waals surface area contributed by atoms with E-state index in [0.29, 0.717) is 19.1 Å². The van der Waals surface area contributed by atoms with Gasteiger partial charge in [-0.05, 0) is 30.4 Å². The molecule has 1 amide bonds. The molecule has 1 aromatic carbocycles. The lowest BCUT2D eigenvalue weighted by atomic mass is 9.86. The van der Waals surface area contributed by atoms with E-state index in [1.165, 1.54) is 12.8 Å². The number of anilines is 1. The second kappa shape index (κ2) is 4.15. The van der Waals surface area contributed by atoms with Crippen LogP contribution in [0.5, 0.6) is 11.5 Å². The predicted molar refractivity (Wildman–Crippen MR) is 70.8 cm³/mol. The molecule has 0 saturated heterocycles. The van der Waals surface area contributed by atoms with E-state index in [1.54, 1.807) is 0 Å². The summed E-state index contributed by atoms with van der Waals surface area (Å²) in [5.41, 5.74) is 2.01. The summed E-state index contributed by atoms with van der Waals surface area (Å²) in [5, 5.41) is 3.00. The third-order valence-electron chi connectivity index (χ3n) is 4.46. The molecule has 1 atom stereocenters. The van der Waals surface area contributed by atoms with Crippen LogP contribution in [0.2, 0.25) is 0 Å². The zero-order valence-electron chi connectivity index (χ0n) is 10.8. The highest BCUT2D eigenvalue weighted by molar-refractivity contribution is 6.03. The van der Waals surface area contributed by atoms with Gasteiger partial charge >= 0.3 is 0 Å². The Morgan fingerprint density at radius 3 is 2.47 bits per heavy atom. The number of ether oxygens (including phenoxy) is 2. The normalized spacial score (nSPS) is 25.3. The number of rotatable bonds is 1. The average Bonchev–Trinajstić information content (AvgIpc) is 3.02. The van der Waals surface area contributed by atoms with Crippen molar-refractivity contribution in [3.8, 4) is 11.5 Å².